The molecule has 1 saturated carbocycles. The van der Waals surface area contributed by atoms with Crippen LogP contribution < -0.4 is 5.32 Å². The van der Waals surface area contributed by atoms with Gasteiger partial charge in [-0.3, -0.25) is 0 Å². The minimum absolute atomic E-state index is 0.383. The van der Waals surface area contributed by atoms with Crippen molar-refractivity contribution in [3.63, 3.8) is 0 Å². The quantitative estimate of drug-likeness (QED) is 0.582. The van der Waals surface area contributed by atoms with Crippen molar-refractivity contribution < 1.29 is 5.11 Å². The molecule has 2 nitrogen and oxygen atoms in total. The molecule has 10 heavy (non-hydrogen) atoms. The molecular formula is C8H15NO. The summed E-state index contributed by atoms with van der Waals surface area (Å²) in [5.74, 6) is 1.46. The Kier molecular flexibility index (Phi) is 1.66. The van der Waals surface area contributed by atoms with E-state index in [9.17, 15) is 0 Å². The molecule has 0 amide bonds. The van der Waals surface area contributed by atoms with E-state index < -0.39 is 0 Å². The van der Waals surface area contributed by atoms with E-state index in [-0.39, 0.29) is 0 Å². The minimum atomic E-state index is 0.383. The summed E-state index contributed by atoms with van der Waals surface area (Å²) < 4.78 is 0. The Bertz CT molecular complexity index is 122. The molecule has 1 saturated heterocycles. The van der Waals surface area contributed by atoms with Gasteiger partial charge in [-0.1, -0.05) is 0 Å². The summed E-state index contributed by atoms with van der Waals surface area (Å²) in [6.07, 6.45) is 3.94. The molecule has 2 fully saturated rings. The van der Waals surface area contributed by atoms with Crippen LogP contribution in [-0.2, 0) is 0 Å². The lowest BCUT2D eigenvalue weighted by molar-refractivity contribution is 0.206. The van der Waals surface area contributed by atoms with Crippen molar-refractivity contribution >= 4 is 0 Å². The highest BCUT2D eigenvalue weighted by Gasteiger charge is 2.38. The standard InChI is InChI=1S/C8H15NO/c10-5-7-3-4-9-8(7)6-1-2-6/h6-10H,1-5H2. The second-order valence-electron chi connectivity index (χ2n) is 3.55. The molecule has 2 unspecified atom stereocenters. The molecule has 2 aliphatic rings. The summed E-state index contributed by atoms with van der Waals surface area (Å²) in [7, 11) is 0. The van der Waals surface area contributed by atoms with Gasteiger partial charge in [0, 0.05) is 12.6 Å². The Morgan fingerprint density at radius 2 is 2.10 bits per heavy atom. The van der Waals surface area contributed by atoms with Gasteiger partial charge in [0.2, 0.25) is 0 Å². The third-order valence-corrected chi connectivity index (χ3v) is 2.77. The fourth-order valence-electron chi connectivity index (χ4n) is 1.99. The molecule has 0 bridgehead atoms. The molecule has 0 aromatic heterocycles. The summed E-state index contributed by atoms with van der Waals surface area (Å²) >= 11 is 0. The second-order valence-corrected chi connectivity index (χ2v) is 3.55. The number of hydrogen-bond donors (Lipinski definition) is 2. The smallest absolute Gasteiger partial charge is 0.0474 e. The molecule has 1 aliphatic heterocycles. The molecule has 58 valence electrons. The van der Waals surface area contributed by atoms with Crippen LogP contribution in [0.2, 0.25) is 0 Å². The molecule has 0 radical (unpaired) electrons. The number of nitrogens with one attached hydrogen (secondary N) is 1. The van der Waals surface area contributed by atoms with E-state index >= 15 is 0 Å². The molecule has 2 N–H and O–H groups in total. The number of hydrogen-bond acceptors (Lipinski definition) is 2. The molecule has 1 aliphatic carbocycles. The van der Waals surface area contributed by atoms with E-state index in [0.29, 0.717) is 18.6 Å². The van der Waals surface area contributed by atoms with Crippen molar-refractivity contribution in [1.82, 2.24) is 5.32 Å². The van der Waals surface area contributed by atoms with Crippen molar-refractivity contribution in [1.29, 1.82) is 0 Å². The lowest BCUT2D eigenvalue weighted by Gasteiger charge is -2.15. The van der Waals surface area contributed by atoms with Crippen LogP contribution in [0.1, 0.15) is 19.3 Å². The lowest BCUT2D eigenvalue weighted by Crippen LogP contribution is -2.30. The van der Waals surface area contributed by atoms with Gasteiger partial charge in [0.05, 0.1) is 0 Å². The number of aliphatic hydroxyl groups excluding tert-OH is 1. The van der Waals surface area contributed by atoms with E-state index in [1.54, 1.807) is 0 Å². The summed E-state index contributed by atoms with van der Waals surface area (Å²) in [5.41, 5.74) is 0. The highest BCUT2D eigenvalue weighted by Crippen LogP contribution is 2.38. The normalized spacial score (nSPS) is 40.5. The number of rotatable bonds is 2. The van der Waals surface area contributed by atoms with E-state index in [2.05, 4.69) is 5.32 Å². The lowest BCUT2D eigenvalue weighted by atomic mass is 9.98. The third-order valence-electron chi connectivity index (χ3n) is 2.77. The first-order valence-electron chi connectivity index (χ1n) is 4.26. The maximum absolute atomic E-state index is 8.97. The van der Waals surface area contributed by atoms with Gasteiger partial charge in [0.25, 0.3) is 0 Å². The van der Waals surface area contributed by atoms with Crippen LogP contribution in [0.15, 0.2) is 0 Å². The third kappa shape index (κ3) is 1.06. The van der Waals surface area contributed by atoms with Crippen LogP contribution in [-0.4, -0.2) is 24.3 Å². The van der Waals surface area contributed by atoms with Crippen LogP contribution in [0.3, 0.4) is 0 Å². The van der Waals surface area contributed by atoms with Gasteiger partial charge in [-0.25, -0.2) is 0 Å². The zero-order valence-corrected chi connectivity index (χ0v) is 6.21. The van der Waals surface area contributed by atoms with Crippen LogP contribution >= 0.6 is 0 Å². The van der Waals surface area contributed by atoms with Crippen molar-refractivity contribution in [2.24, 2.45) is 11.8 Å². The highest BCUT2D eigenvalue weighted by atomic mass is 16.3. The van der Waals surface area contributed by atoms with Crippen LogP contribution in [0.4, 0.5) is 0 Å². The summed E-state index contributed by atoms with van der Waals surface area (Å²) in [5, 5.41) is 12.4. The average Bonchev–Trinajstić information content (AvgIpc) is 2.69. The Labute approximate surface area is 61.6 Å². The van der Waals surface area contributed by atoms with E-state index in [0.717, 1.165) is 12.5 Å². The van der Waals surface area contributed by atoms with Crippen molar-refractivity contribution in [2.45, 2.75) is 25.3 Å². The predicted octanol–water partition coefficient (Wildman–Crippen LogP) is 0.367. The van der Waals surface area contributed by atoms with Crippen molar-refractivity contribution in [3.8, 4) is 0 Å². The predicted molar refractivity (Wildman–Crippen MR) is 39.7 cm³/mol. The van der Waals surface area contributed by atoms with Gasteiger partial charge in [-0.2, -0.15) is 0 Å². The highest BCUT2D eigenvalue weighted by molar-refractivity contribution is 4.94. The minimum Gasteiger partial charge on any atom is -0.396 e. The molecule has 2 atom stereocenters. The molecule has 2 rings (SSSR count). The molecule has 2 heteroatoms. The van der Waals surface area contributed by atoms with Crippen LogP contribution in [0.25, 0.3) is 0 Å². The largest absolute Gasteiger partial charge is 0.396 e. The van der Waals surface area contributed by atoms with Gasteiger partial charge in [0.15, 0.2) is 0 Å². The van der Waals surface area contributed by atoms with Gasteiger partial charge < -0.3 is 10.4 Å². The number of aliphatic hydroxyl groups is 1. The maximum Gasteiger partial charge on any atom is 0.0474 e. The van der Waals surface area contributed by atoms with E-state index in [1.807, 2.05) is 0 Å². The average molecular weight is 141 g/mol. The molecule has 0 spiro atoms. The second kappa shape index (κ2) is 2.51. The van der Waals surface area contributed by atoms with E-state index in [1.165, 1.54) is 19.3 Å². The van der Waals surface area contributed by atoms with Gasteiger partial charge >= 0.3 is 0 Å². The SMILES string of the molecule is OCC1CCNC1C1CC1. The van der Waals surface area contributed by atoms with Gasteiger partial charge in [-0.05, 0) is 37.6 Å². The van der Waals surface area contributed by atoms with Gasteiger partial charge in [-0.15, -0.1) is 0 Å². The monoisotopic (exact) mass is 141 g/mol. The summed E-state index contributed by atoms with van der Waals surface area (Å²) in [4.78, 5) is 0. The molecular weight excluding hydrogens is 126 g/mol. The first-order chi connectivity index (χ1) is 4.92. The first-order valence-corrected chi connectivity index (χ1v) is 4.26. The Morgan fingerprint density at radius 3 is 2.70 bits per heavy atom. The van der Waals surface area contributed by atoms with Gasteiger partial charge in [0.1, 0.15) is 0 Å². The zero-order valence-electron chi connectivity index (χ0n) is 6.21. The fourth-order valence-corrected chi connectivity index (χ4v) is 1.99. The van der Waals surface area contributed by atoms with Crippen molar-refractivity contribution in [3.05, 3.63) is 0 Å². The zero-order chi connectivity index (χ0) is 6.97. The molecule has 0 aromatic rings. The van der Waals surface area contributed by atoms with Crippen LogP contribution in [0.5, 0.6) is 0 Å². The topological polar surface area (TPSA) is 32.3 Å². The maximum atomic E-state index is 8.97. The first kappa shape index (κ1) is 6.62. The van der Waals surface area contributed by atoms with Crippen molar-refractivity contribution in [2.75, 3.05) is 13.2 Å². The Morgan fingerprint density at radius 1 is 1.30 bits per heavy atom. The summed E-state index contributed by atoms with van der Waals surface area (Å²) in [6, 6.07) is 0.657. The molecule has 0 aromatic carbocycles. The molecule has 1 heterocycles. The van der Waals surface area contributed by atoms with E-state index in [4.69, 9.17) is 5.11 Å². The Hall–Kier alpha value is -0.0800. The summed E-state index contributed by atoms with van der Waals surface area (Å²) in [6.45, 7) is 1.50. The Balaban J connectivity index is 1.91. The fraction of sp³-hybridized carbons (Fsp3) is 1.00. The van der Waals surface area contributed by atoms with Crippen LogP contribution in [0, 0.1) is 11.8 Å².